The molecule has 0 amide bonds. The Hall–Kier alpha value is -1.37. The van der Waals surface area contributed by atoms with Gasteiger partial charge in [0, 0.05) is 6.92 Å². The standard InChI is InChI=1S/C7H7NO3/c1-5(9)11-6(10)7(4-8)2-3-7/h2-3H2,1H3. The zero-order chi connectivity index (χ0) is 8.48. The second kappa shape index (κ2) is 2.35. The summed E-state index contributed by atoms with van der Waals surface area (Å²) in [6, 6.07) is 1.83. The van der Waals surface area contributed by atoms with Crippen LogP contribution < -0.4 is 0 Å². The molecule has 4 heteroatoms. The summed E-state index contributed by atoms with van der Waals surface area (Å²) in [6.45, 7) is 1.14. The lowest BCUT2D eigenvalue weighted by atomic mass is 10.1. The second-order valence-electron chi connectivity index (χ2n) is 2.58. The molecule has 0 radical (unpaired) electrons. The van der Waals surface area contributed by atoms with Crippen LogP contribution in [0.4, 0.5) is 0 Å². The van der Waals surface area contributed by atoms with Gasteiger partial charge < -0.3 is 4.74 Å². The molecule has 11 heavy (non-hydrogen) atoms. The summed E-state index contributed by atoms with van der Waals surface area (Å²) in [5.41, 5.74) is -0.994. The smallest absolute Gasteiger partial charge is 0.334 e. The van der Waals surface area contributed by atoms with E-state index in [0.29, 0.717) is 12.8 Å². The van der Waals surface area contributed by atoms with Gasteiger partial charge in [0.05, 0.1) is 6.07 Å². The van der Waals surface area contributed by atoms with Crippen molar-refractivity contribution in [3.05, 3.63) is 0 Å². The van der Waals surface area contributed by atoms with E-state index in [4.69, 9.17) is 5.26 Å². The first-order valence-corrected chi connectivity index (χ1v) is 3.25. The van der Waals surface area contributed by atoms with Crippen LogP contribution in [-0.2, 0) is 14.3 Å². The van der Waals surface area contributed by atoms with Crippen molar-refractivity contribution in [2.75, 3.05) is 0 Å². The van der Waals surface area contributed by atoms with Gasteiger partial charge in [-0.05, 0) is 12.8 Å². The predicted octanol–water partition coefficient (Wildman–Crippen LogP) is 0.380. The van der Waals surface area contributed by atoms with E-state index in [1.165, 1.54) is 0 Å². The monoisotopic (exact) mass is 153 g/mol. The molecular formula is C7H7NO3. The number of carbonyl (C=O) groups is 2. The van der Waals surface area contributed by atoms with Crippen LogP contribution in [-0.4, -0.2) is 11.9 Å². The number of ether oxygens (including phenoxy) is 1. The van der Waals surface area contributed by atoms with Gasteiger partial charge >= 0.3 is 11.9 Å². The maximum Gasteiger partial charge on any atom is 0.334 e. The van der Waals surface area contributed by atoms with Crippen molar-refractivity contribution in [2.24, 2.45) is 5.41 Å². The summed E-state index contributed by atoms with van der Waals surface area (Å²) in [6.07, 6.45) is 1.02. The van der Waals surface area contributed by atoms with Crippen molar-refractivity contribution in [3.63, 3.8) is 0 Å². The zero-order valence-electron chi connectivity index (χ0n) is 6.09. The van der Waals surface area contributed by atoms with Crippen LogP contribution in [0.5, 0.6) is 0 Å². The van der Waals surface area contributed by atoms with Crippen molar-refractivity contribution in [2.45, 2.75) is 19.8 Å². The van der Waals surface area contributed by atoms with E-state index in [-0.39, 0.29) is 0 Å². The molecular weight excluding hydrogens is 146 g/mol. The third kappa shape index (κ3) is 1.37. The van der Waals surface area contributed by atoms with Crippen LogP contribution in [0.25, 0.3) is 0 Å². The highest BCUT2D eigenvalue weighted by atomic mass is 16.6. The van der Waals surface area contributed by atoms with Gasteiger partial charge in [-0.15, -0.1) is 0 Å². The lowest BCUT2D eigenvalue weighted by Gasteiger charge is -2.01. The largest absolute Gasteiger partial charge is 0.392 e. The molecule has 1 aliphatic carbocycles. The van der Waals surface area contributed by atoms with E-state index < -0.39 is 17.4 Å². The lowest BCUT2D eigenvalue weighted by Crippen LogP contribution is -2.19. The number of hydrogen-bond donors (Lipinski definition) is 0. The van der Waals surface area contributed by atoms with Crippen molar-refractivity contribution < 1.29 is 14.3 Å². The van der Waals surface area contributed by atoms with Crippen molar-refractivity contribution in [1.29, 1.82) is 5.26 Å². The molecule has 1 aliphatic rings. The van der Waals surface area contributed by atoms with Gasteiger partial charge in [0.2, 0.25) is 0 Å². The maximum absolute atomic E-state index is 10.9. The third-order valence-corrected chi connectivity index (χ3v) is 1.59. The Labute approximate surface area is 63.8 Å². The van der Waals surface area contributed by atoms with E-state index in [1.54, 1.807) is 0 Å². The zero-order valence-corrected chi connectivity index (χ0v) is 6.09. The molecule has 58 valence electrons. The summed E-state index contributed by atoms with van der Waals surface area (Å²) in [7, 11) is 0. The molecule has 0 heterocycles. The Bertz CT molecular complexity index is 247. The van der Waals surface area contributed by atoms with E-state index >= 15 is 0 Å². The van der Waals surface area contributed by atoms with Crippen LogP contribution in [0.3, 0.4) is 0 Å². The number of nitrogens with zero attached hydrogens (tertiary/aromatic N) is 1. The highest BCUT2D eigenvalue weighted by Gasteiger charge is 2.52. The number of nitriles is 1. The van der Waals surface area contributed by atoms with Gasteiger partial charge in [-0.1, -0.05) is 0 Å². The molecule has 0 spiro atoms. The van der Waals surface area contributed by atoms with E-state index in [9.17, 15) is 9.59 Å². The molecule has 0 aromatic heterocycles. The third-order valence-electron chi connectivity index (χ3n) is 1.59. The minimum Gasteiger partial charge on any atom is -0.392 e. The van der Waals surface area contributed by atoms with Gasteiger partial charge in [-0.3, -0.25) is 4.79 Å². The topological polar surface area (TPSA) is 67.2 Å². The van der Waals surface area contributed by atoms with E-state index in [2.05, 4.69) is 4.74 Å². The minimum absolute atomic E-state index is 0.510. The highest BCUT2D eigenvalue weighted by Crippen LogP contribution is 2.45. The van der Waals surface area contributed by atoms with Crippen molar-refractivity contribution in [3.8, 4) is 6.07 Å². The van der Waals surface area contributed by atoms with Gasteiger partial charge in [-0.25, -0.2) is 4.79 Å². The number of esters is 2. The average Bonchev–Trinajstić information content (AvgIpc) is 2.65. The summed E-state index contributed by atoms with van der Waals surface area (Å²) in [5.74, 6) is -1.36. The maximum atomic E-state index is 10.9. The van der Waals surface area contributed by atoms with Crippen LogP contribution >= 0.6 is 0 Å². The van der Waals surface area contributed by atoms with Crippen LogP contribution in [0.15, 0.2) is 0 Å². The Kier molecular flexibility index (Phi) is 1.65. The number of hydrogen-bond acceptors (Lipinski definition) is 4. The molecule has 0 bridgehead atoms. The molecule has 0 N–H and O–H groups in total. The number of rotatable bonds is 1. The molecule has 4 nitrogen and oxygen atoms in total. The van der Waals surface area contributed by atoms with E-state index in [1.807, 2.05) is 6.07 Å². The first kappa shape index (κ1) is 7.73. The van der Waals surface area contributed by atoms with Gasteiger partial charge in [0.15, 0.2) is 5.41 Å². The molecule has 0 aromatic carbocycles. The SMILES string of the molecule is CC(=O)OC(=O)C1(C#N)CC1. The highest BCUT2D eigenvalue weighted by molar-refractivity contribution is 5.91. The molecule has 0 aromatic rings. The van der Waals surface area contributed by atoms with Crippen molar-refractivity contribution in [1.82, 2.24) is 0 Å². The molecule has 1 saturated carbocycles. The van der Waals surface area contributed by atoms with Gasteiger partial charge in [-0.2, -0.15) is 5.26 Å². The fraction of sp³-hybridized carbons (Fsp3) is 0.571. The second-order valence-corrected chi connectivity index (χ2v) is 2.58. The minimum atomic E-state index is -0.994. The first-order chi connectivity index (χ1) is 5.10. The normalized spacial score (nSPS) is 18.2. The van der Waals surface area contributed by atoms with Crippen LogP contribution in [0, 0.1) is 16.7 Å². The average molecular weight is 153 g/mol. The predicted molar refractivity (Wildman–Crippen MR) is 34.1 cm³/mol. The molecule has 1 fully saturated rings. The molecule has 1 rings (SSSR count). The van der Waals surface area contributed by atoms with E-state index in [0.717, 1.165) is 6.92 Å². The molecule has 0 saturated heterocycles. The molecule has 0 aliphatic heterocycles. The van der Waals surface area contributed by atoms with Crippen LogP contribution in [0.2, 0.25) is 0 Å². The summed E-state index contributed by atoms with van der Waals surface area (Å²) < 4.78 is 4.27. The Balaban J connectivity index is 2.57. The fourth-order valence-corrected chi connectivity index (χ4v) is 0.715. The molecule has 0 unspecified atom stereocenters. The summed E-state index contributed by atoms with van der Waals surface area (Å²) in [5, 5.41) is 8.48. The lowest BCUT2D eigenvalue weighted by molar-refractivity contribution is -0.160. The summed E-state index contributed by atoms with van der Waals surface area (Å²) >= 11 is 0. The molecule has 0 atom stereocenters. The number of carbonyl (C=O) groups excluding carboxylic acids is 2. The first-order valence-electron chi connectivity index (χ1n) is 3.25. The Morgan fingerprint density at radius 2 is 2.09 bits per heavy atom. The Morgan fingerprint density at radius 1 is 1.55 bits per heavy atom. The fourth-order valence-electron chi connectivity index (χ4n) is 0.715. The Morgan fingerprint density at radius 3 is 2.36 bits per heavy atom. The van der Waals surface area contributed by atoms with Gasteiger partial charge in [0.1, 0.15) is 0 Å². The van der Waals surface area contributed by atoms with Crippen LogP contribution in [0.1, 0.15) is 19.8 Å². The summed E-state index contributed by atoms with van der Waals surface area (Å²) in [4.78, 5) is 21.2. The van der Waals surface area contributed by atoms with Gasteiger partial charge in [0.25, 0.3) is 0 Å². The van der Waals surface area contributed by atoms with Crippen molar-refractivity contribution >= 4 is 11.9 Å². The quantitative estimate of drug-likeness (QED) is 0.403.